The van der Waals surface area contributed by atoms with Crippen molar-refractivity contribution in [3.63, 3.8) is 0 Å². The highest BCUT2D eigenvalue weighted by molar-refractivity contribution is 5.77. The van der Waals surface area contributed by atoms with Crippen molar-refractivity contribution in [3.05, 3.63) is 59.2 Å². The maximum atomic E-state index is 10.0. The van der Waals surface area contributed by atoms with E-state index in [1.165, 1.54) is 28.7 Å². The average molecular weight is 238 g/mol. The van der Waals surface area contributed by atoms with Crippen molar-refractivity contribution in [1.29, 1.82) is 0 Å². The Labute approximate surface area is 105 Å². The number of nitrogens with one attached hydrogen (secondary N) is 1. The van der Waals surface area contributed by atoms with Gasteiger partial charge in [0.1, 0.15) is 6.61 Å². The maximum absolute atomic E-state index is 10.0. The summed E-state index contributed by atoms with van der Waals surface area (Å²) in [6, 6.07) is 14.6. The molecule has 3 rings (SSSR count). The number of hydrogen-bond donors (Lipinski definition) is 1. The Kier molecular flexibility index (Phi) is 2.82. The zero-order valence-corrected chi connectivity index (χ0v) is 9.77. The Bertz CT molecular complexity index is 593. The lowest BCUT2D eigenvalue weighted by Crippen LogP contribution is -2.11. The molecule has 1 amide bonds. The summed E-state index contributed by atoms with van der Waals surface area (Å²) < 4.78 is 0. The largest absolute Gasteiger partial charge is 0.335 e. The van der Waals surface area contributed by atoms with Gasteiger partial charge in [-0.15, -0.1) is 0 Å². The monoisotopic (exact) mass is 238 g/mol. The molecule has 0 atom stereocenters. The molecule has 1 aliphatic rings. The van der Waals surface area contributed by atoms with Crippen LogP contribution in [0.4, 0.5) is 0 Å². The van der Waals surface area contributed by atoms with Crippen molar-refractivity contribution in [2.75, 3.05) is 0 Å². The van der Waals surface area contributed by atoms with Crippen molar-refractivity contribution >= 4 is 6.41 Å². The average Bonchev–Trinajstić information content (AvgIpc) is 2.79. The first kappa shape index (κ1) is 11.0. The summed E-state index contributed by atoms with van der Waals surface area (Å²) in [6.07, 6.45) is 2.43. The molecule has 0 unspecified atom stereocenters. The van der Waals surface area contributed by atoms with Gasteiger partial charge in [-0.05, 0) is 34.2 Å². The Balaban J connectivity index is 1.95. The molecule has 0 saturated heterocycles. The lowest BCUT2D eigenvalue weighted by atomic mass is 10.0. The second-order valence-electron chi connectivity index (χ2n) is 4.27. The van der Waals surface area contributed by atoms with Gasteiger partial charge in [-0.1, -0.05) is 42.5 Å². The third kappa shape index (κ3) is 1.79. The predicted molar refractivity (Wildman–Crippen MR) is 68.3 cm³/mol. The molecule has 2 aromatic rings. The normalized spacial score (nSPS) is 11.8. The fourth-order valence-corrected chi connectivity index (χ4v) is 2.50. The van der Waals surface area contributed by atoms with Crippen LogP contribution in [0.25, 0.3) is 11.1 Å². The molecule has 0 saturated carbocycles. The Hall–Kier alpha value is -2.13. The Morgan fingerprint density at radius 3 is 2.83 bits per heavy atom. The van der Waals surface area contributed by atoms with E-state index in [2.05, 4.69) is 35.8 Å². The third-order valence-electron chi connectivity index (χ3n) is 3.29. The molecule has 89 valence electrons. The summed E-state index contributed by atoms with van der Waals surface area (Å²) in [6.45, 7) is 0.367. The molecule has 3 nitrogen and oxygen atoms in total. The number of hydroxylamine groups is 1. The Morgan fingerprint density at radius 1 is 1.11 bits per heavy atom. The van der Waals surface area contributed by atoms with Crippen molar-refractivity contribution in [2.24, 2.45) is 0 Å². The van der Waals surface area contributed by atoms with E-state index in [-0.39, 0.29) is 0 Å². The van der Waals surface area contributed by atoms with E-state index in [0.29, 0.717) is 6.61 Å². The first-order chi connectivity index (χ1) is 8.90. The first-order valence-corrected chi connectivity index (χ1v) is 5.83. The zero-order valence-electron chi connectivity index (χ0n) is 9.77. The van der Waals surface area contributed by atoms with Crippen molar-refractivity contribution in [3.8, 4) is 11.1 Å². The molecule has 1 aliphatic carbocycles. The van der Waals surface area contributed by atoms with E-state index in [9.17, 15) is 4.79 Å². The number of hydrogen-bond acceptors (Lipinski definition) is 2. The molecule has 18 heavy (non-hydrogen) atoms. The molecule has 0 fully saturated rings. The number of rotatable bonds is 4. The molecule has 0 aliphatic heterocycles. The number of carbonyl (C=O) groups excluding carboxylic acids is 1. The fourth-order valence-electron chi connectivity index (χ4n) is 2.50. The van der Waals surface area contributed by atoms with E-state index >= 15 is 0 Å². The van der Waals surface area contributed by atoms with Crippen LogP contribution < -0.4 is 5.48 Å². The minimum atomic E-state index is 0.367. The molecule has 3 heteroatoms. The predicted octanol–water partition coefficient (Wildman–Crippen LogP) is 2.35. The summed E-state index contributed by atoms with van der Waals surface area (Å²) in [5.41, 5.74) is 8.39. The van der Waals surface area contributed by atoms with Crippen LogP contribution in [-0.4, -0.2) is 6.41 Å². The van der Waals surface area contributed by atoms with Gasteiger partial charge < -0.3 is 0 Å². The van der Waals surface area contributed by atoms with E-state index in [1.54, 1.807) is 0 Å². The second-order valence-corrected chi connectivity index (χ2v) is 4.27. The number of benzene rings is 2. The lowest BCUT2D eigenvalue weighted by molar-refractivity contribution is 0.0688. The van der Waals surface area contributed by atoms with Gasteiger partial charge >= 0.3 is 6.41 Å². The molecule has 2 aromatic carbocycles. The van der Waals surface area contributed by atoms with Crippen LogP contribution in [0, 0.1) is 0 Å². The first-order valence-electron chi connectivity index (χ1n) is 5.83. The van der Waals surface area contributed by atoms with Crippen LogP contribution in [0.3, 0.4) is 0 Å². The molecule has 0 bridgehead atoms. The summed E-state index contributed by atoms with van der Waals surface area (Å²) >= 11 is 0. The van der Waals surface area contributed by atoms with E-state index in [0.717, 1.165) is 12.0 Å². The minimum Gasteiger partial charge on any atom is -0.268 e. The molecule has 1 radical (unpaired) electrons. The number of fused-ring (bicyclic) bond motifs is 3. The maximum Gasteiger partial charge on any atom is 0.335 e. The molecule has 0 heterocycles. The van der Waals surface area contributed by atoms with Crippen LogP contribution in [0.2, 0.25) is 0 Å². The highest BCUT2D eigenvalue weighted by Gasteiger charge is 2.20. The highest BCUT2D eigenvalue weighted by atomic mass is 16.6. The summed E-state index contributed by atoms with van der Waals surface area (Å²) in [4.78, 5) is 15.1. The molecular formula is C15H12NO2. The van der Waals surface area contributed by atoms with E-state index in [1.807, 2.05) is 12.1 Å². The molecule has 0 spiro atoms. The summed E-state index contributed by atoms with van der Waals surface area (Å²) in [5.74, 6) is 0. The third-order valence-corrected chi connectivity index (χ3v) is 3.29. The lowest BCUT2D eigenvalue weighted by Gasteiger charge is -2.07. The zero-order chi connectivity index (χ0) is 12.4. The van der Waals surface area contributed by atoms with Crippen LogP contribution >= 0.6 is 0 Å². The van der Waals surface area contributed by atoms with Gasteiger partial charge in [-0.2, -0.15) is 0 Å². The molecule has 1 N–H and O–H groups in total. The quantitative estimate of drug-likeness (QED) is 0.430. The van der Waals surface area contributed by atoms with Crippen LogP contribution in [-0.2, 0) is 22.7 Å². The van der Waals surface area contributed by atoms with Gasteiger partial charge in [-0.3, -0.25) is 9.63 Å². The van der Waals surface area contributed by atoms with E-state index < -0.39 is 0 Å². The smallest absolute Gasteiger partial charge is 0.268 e. The van der Waals surface area contributed by atoms with Gasteiger partial charge in [0.25, 0.3) is 0 Å². The van der Waals surface area contributed by atoms with Crippen molar-refractivity contribution < 1.29 is 9.63 Å². The molecular weight excluding hydrogens is 226 g/mol. The van der Waals surface area contributed by atoms with Crippen LogP contribution in [0.1, 0.15) is 16.7 Å². The van der Waals surface area contributed by atoms with Crippen molar-refractivity contribution in [2.45, 2.75) is 13.0 Å². The van der Waals surface area contributed by atoms with Gasteiger partial charge in [-0.25, -0.2) is 5.48 Å². The topological polar surface area (TPSA) is 38.3 Å². The SMILES string of the molecule is O=[C]NOCc1cccc2c1Cc1ccccc1-2. The van der Waals surface area contributed by atoms with Crippen LogP contribution in [0.15, 0.2) is 42.5 Å². The number of amides is 1. The standard InChI is InChI=1S/C15H12NO2/c17-10-16-18-9-12-5-3-7-14-13-6-2-1-4-11(13)8-15(12)14/h1-7H,8-9H2,(H,16,17). The Morgan fingerprint density at radius 2 is 1.94 bits per heavy atom. The van der Waals surface area contributed by atoms with Gasteiger partial charge in [0.05, 0.1) is 0 Å². The van der Waals surface area contributed by atoms with Crippen molar-refractivity contribution in [1.82, 2.24) is 5.48 Å². The highest BCUT2D eigenvalue weighted by Crippen LogP contribution is 2.38. The van der Waals surface area contributed by atoms with Crippen LogP contribution in [0.5, 0.6) is 0 Å². The van der Waals surface area contributed by atoms with Gasteiger partial charge in [0, 0.05) is 0 Å². The van der Waals surface area contributed by atoms with E-state index in [4.69, 9.17) is 4.84 Å². The van der Waals surface area contributed by atoms with Gasteiger partial charge in [0.15, 0.2) is 0 Å². The summed E-state index contributed by atoms with van der Waals surface area (Å²) in [7, 11) is 0. The summed E-state index contributed by atoms with van der Waals surface area (Å²) in [5, 5.41) is 0. The molecule has 0 aromatic heterocycles. The fraction of sp³-hybridized carbons (Fsp3) is 0.133. The second kappa shape index (κ2) is 4.63. The minimum absolute atomic E-state index is 0.367. The van der Waals surface area contributed by atoms with Gasteiger partial charge in [0.2, 0.25) is 0 Å².